The summed E-state index contributed by atoms with van der Waals surface area (Å²) in [6, 6.07) is 0.316. The van der Waals surface area contributed by atoms with E-state index in [1.165, 1.54) is 5.56 Å². The van der Waals surface area contributed by atoms with Gasteiger partial charge in [-0.1, -0.05) is 0 Å². The van der Waals surface area contributed by atoms with Crippen LogP contribution in [0.5, 0.6) is 0 Å². The summed E-state index contributed by atoms with van der Waals surface area (Å²) in [6.45, 7) is 0. The maximum Gasteiger partial charge on any atom is 0.220 e. The fourth-order valence-corrected chi connectivity index (χ4v) is 1.69. The summed E-state index contributed by atoms with van der Waals surface area (Å²) in [7, 11) is 1.90. The molecule has 1 saturated heterocycles. The lowest BCUT2D eigenvalue weighted by Crippen LogP contribution is -2.26. The number of nitrogens with one attached hydrogen (secondary N) is 1. The number of amides is 1. The van der Waals surface area contributed by atoms with Crippen LogP contribution in [-0.4, -0.2) is 21.7 Å². The molecule has 1 amide bonds. The number of aromatic nitrogens is 2. The van der Waals surface area contributed by atoms with Crippen LogP contribution in [0, 0.1) is 0 Å². The Labute approximate surface area is 76.9 Å². The normalized spacial score (nSPS) is 21.9. The molecule has 0 aliphatic carbocycles. The first-order valence-electron chi connectivity index (χ1n) is 4.51. The first-order chi connectivity index (χ1) is 6.24. The molecule has 4 nitrogen and oxygen atoms in total. The zero-order valence-corrected chi connectivity index (χ0v) is 7.66. The molecule has 1 aromatic rings. The van der Waals surface area contributed by atoms with Gasteiger partial charge in [0.25, 0.3) is 0 Å². The summed E-state index contributed by atoms with van der Waals surface area (Å²) < 4.78 is 1.78. The molecule has 0 saturated carbocycles. The second-order valence-electron chi connectivity index (χ2n) is 3.53. The molecule has 1 aliphatic rings. The molecule has 1 atom stereocenters. The van der Waals surface area contributed by atoms with Crippen LogP contribution >= 0.6 is 0 Å². The molecule has 1 fully saturated rings. The van der Waals surface area contributed by atoms with Crippen molar-refractivity contribution in [3.8, 4) is 0 Å². The quantitative estimate of drug-likeness (QED) is 0.707. The van der Waals surface area contributed by atoms with E-state index in [0.717, 1.165) is 12.8 Å². The van der Waals surface area contributed by atoms with Crippen molar-refractivity contribution in [3.05, 3.63) is 18.0 Å². The molecule has 0 bridgehead atoms. The summed E-state index contributed by atoms with van der Waals surface area (Å²) >= 11 is 0. The van der Waals surface area contributed by atoms with Gasteiger partial charge in [-0.25, -0.2) is 0 Å². The molecule has 70 valence electrons. The second-order valence-corrected chi connectivity index (χ2v) is 3.53. The molecule has 1 N–H and O–H groups in total. The van der Waals surface area contributed by atoms with Gasteiger partial charge in [0.2, 0.25) is 5.91 Å². The number of rotatable bonds is 2. The third-order valence-corrected chi connectivity index (χ3v) is 2.33. The third-order valence-electron chi connectivity index (χ3n) is 2.33. The number of carbonyl (C=O) groups is 1. The van der Waals surface area contributed by atoms with Crippen LogP contribution in [0.25, 0.3) is 0 Å². The summed E-state index contributed by atoms with van der Waals surface area (Å²) in [5, 5.41) is 7.02. The van der Waals surface area contributed by atoms with E-state index < -0.39 is 0 Å². The van der Waals surface area contributed by atoms with Gasteiger partial charge < -0.3 is 5.32 Å². The highest BCUT2D eigenvalue weighted by atomic mass is 16.1. The first-order valence-corrected chi connectivity index (χ1v) is 4.51. The topological polar surface area (TPSA) is 46.9 Å². The molecule has 2 heterocycles. The van der Waals surface area contributed by atoms with Crippen LogP contribution in [0.3, 0.4) is 0 Å². The molecule has 0 radical (unpaired) electrons. The maximum atomic E-state index is 10.9. The number of carbonyl (C=O) groups excluding carboxylic acids is 1. The molecule has 2 rings (SSSR count). The average molecular weight is 179 g/mol. The van der Waals surface area contributed by atoms with E-state index in [1.807, 2.05) is 19.4 Å². The lowest BCUT2D eigenvalue weighted by atomic mass is 10.1. The predicted molar refractivity (Wildman–Crippen MR) is 48.1 cm³/mol. The lowest BCUT2D eigenvalue weighted by molar-refractivity contribution is -0.119. The Morgan fingerprint density at radius 2 is 2.62 bits per heavy atom. The van der Waals surface area contributed by atoms with E-state index in [-0.39, 0.29) is 5.91 Å². The Hall–Kier alpha value is -1.32. The number of aryl methyl sites for hydroxylation is 1. The van der Waals surface area contributed by atoms with Gasteiger partial charge in [-0.15, -0.1) is 0 Å². The highest BCUT2D eigenvalue weighted by molar-refractivity contribution is 5.78. The van der Waals surface area contributed by atoms with Gasteiger partial charge in [0.1, 0.15) is 0 Å². The van der Waals surface area contributed by atoms with Crippen molar-refractivity contribution >= 4 is 5.91 Å². The van der Waals surface area contributed by atoms with E-state index in [4.69, 9.17) is 0 Å². The minimum absolute atomic E-state index is 0.175. The summed E-state index contributed by atoms with van der Waals surface area (Å²) in [5.41, 5.74) is 1.19. The molecule has 1 aromatic heterocycles. The standard InChI is InChI=1S/C9H13N3O/c1-12-6-7(5-10-12)4-8-2-3-9(13)11-8/h5-6,8H,2-4H2,1H3,(H,11,13). The van der Waals surface area contributed by atoms with E-state index in [9.17, 15) is 4.79 Å². The predicted octanol–water partition coefficient (Wildman–Crippen LogP) is 0.241. The van der Waals surface area contributed by atoms with Gasteiger partial charge in [-0.2, -0.15) is 5.10 Å². The SMILES string of the molecule is Cn1cc(CC2CCC(=O)N2)cn1. The van der Waals surface area contributed by atoms with Crippen LogP contribution in [-0.2, 0) is 18.3 Å². The molecular formula is C9H13N3O. The lowest BCUT2D eigenvalue weighted by Gasteiger charge is -2.06. The first kappa shape index (κ1) is 8.29. The van der Waals surface area contributed by atoms with Crippen molar-refractivity contribution < 1.29 is 4.79 Å². The van der Waals surface area contributed by atoms with E-state index in [1.54, 1.807) is 4.68 Å². The van der Waals surface area contributed by atoms with Crippen molar-refractivity contribution in [1.29, 1.82) is 0 Å². The number of nitrogens with zero attached hydrogens (tertiary/aromatic N) is 2. The number of hydrogen-bond acceptors (Lipinski definition) is 2. The van der Waals surface area contributed by atoms with Gasteiger partial charge in [-0.05, 0) is 18.4 Å². The Morgan fingerprint density at radius 1 is 1.77 bits per heavy atom. The van der Waals surface area contributed by atoms with Crippen molar-refractivity contribution in [2.75, 3.05) is 0 Å². The minimum atomic E-state index is 0.175. The zero-order chi connectivity index (χ0) is 9.26. The zero-order valence-electron chi connectivity index (χ0n) is 7.66. The smallest absolute Gasteiger partial charge is 0.220 e. The Bertz CT molecular complexity index is 318. The second kappa shape index (κ2) is 3.20. The molecule has 1 unspecified atom stereocenters. The molecule has 0 aromatic carbocycles. The van der Waals surface area contributed by atoms with Gasteiger partial charge >= 0.3 is 0 Å². The van der Waals surface area contributed by atoms with E-state index >= 15 is 0 Å². The molecule has 1 aliphatic heterocycles. The van der Waals surface area contributed by atoms with Crippen LogP contribution < -0.4 is 5.32 Å². The van der Waals surface area contributed by atoms with Gasteiger partial charge in [0, 0.05) is 25.7 Å². The molecule has 0 spiro atoms. The Balaban J connectivity index is 1.95. The van der Waals surface area contributed by atoms with Gasteiger partial charge in [-0.3, -0.25) is 9.48 Å². The van der Waals surface area contributed by atoms with Crippen molar-refractivity contribution in [1.82, 2.24) is 15.1 Å². The molecular weight excluding hydrogens is 166 g/mol. The molecule has 4 heteroatoms. The van der Waals surface area contributed by atoms with Gasteiger partial charge in [0.15, 0.2) is 0 Å². The van der Waals surface area contributed by atoms with Crippen LogP contribution in [0.15, 0.2) is 12.4 Å². The molecule has 13 heavy (non-hydrogen) atoms. The fraction of sp³-hybridized carbons (Fsp3) is 0.556. The van der Waals surface area contributed by atoms with Crippen molar-refractivity contribution in [2.24, 2.45) is 7.05 Å². The summed E-state index contributed by atoms with van der Waals surface area (Å²) in [6.07, 6.45) is 6.37. The van der Waals surface area contributed by atoms with Crippen LogP contribution in [0.2, 0.25) is 0 Å². The fourth-order valence-electron chi connectivity index (χ4n) is 1.69. The Kier molecular flexibility index (Phi) is 2.04. The summed E-state index contributed by atoms with van der Waals surface area (Å²) in [4.78, 5) is 10.9. The van der Waals surface area contributed by atoms with Crippen molar-refractivity contribution in [3.63, 3.8) is 0 Å². The van der Waals surface area contributed by atoms with Crippen LogP contribution in [0.1, 0.15) is 18.4 Å². The Morgan fingerprint density at radius 3 is 3.15 bits per heavy atom. The monoisotopic (exact) mass is 179 g/mol. The largest absolute Gasteiger partial charge is 0.353 e. The highest BCUT2D eigenvalue weighted by Gasteiger charge is 2.20. The van der Waals surface area contributed by atoms with E-state index in [0.29, 0.717) is 12.5 Å². The highest BCUT2D eigenvalue weighted by Crippen LogP contribution is 2.11. The van der Waals surface area contributed by atoms with E-state index in [2.05, 4.69) is 10.4 Å². The maximum absolute atomic E-state index is 10.9. The van der Waals surface area contributed by atoms with Crippen molar-refractivity contribution in [2.45, 2.75) is 25.3 Å². The van der Waals surface area contributed by atoms with Gasteiger partial charge in [0.05, 0.1) is 6.20 Å². The number of hydrogen-bond donors (Lipinski definition) is 1. The minimum Gasteiger partial charge on any atom is -0.353 e. The summed E-state index contributed by atoms with van der Waals surface area (Å²) in [5.74, 6) is 0.175. The average Bonchev–Trinajstić information content (AvgIpc) is 2.62. The van der Waals surface area contributed by atoms with Crippen LogP contribution in [0.4, 0.5) is 0 Å². The third kappa shape index (κ3) is 1.88.